The number of benzene rings is 3. The van der Waals surface area contributed by atoms with Crippen molar-refractivity contribution in [3.05, 3.63) is 77.9 Å². The number of nitrogens with one attached hydrogen (secondary N) is 1. The van der Waals surface area contributed by atoms with Crippen molar-refractivity contribution in [3.63, 3.8) is 0 Å². The van der Waals surface area contributed by atoms with Gasteiger partial charge in [-0.1, -0.05) is 60.7 Å². The smallest absolute Gasteiger partial charge is 0.223 e. The van der Waals surface area contributed by atoms with Crippen LogP contribution in [-0.4, -0.2) is 37.4 Å². The molecule has 0 bridgehead atoms. The van der Waals surface area contributed by atoms with E-state index < -0.39 is 9.84 Å². The second-order valence-corrected chi connectivity index (χ2v) is 10.9. The van der Waals surface area contributed by atoms with E-state index >= 15 is 0 Å². The van der Waals surface area contributed by atoms with Crippen LogP contribution in [0.5, 0.6) is 0 Å². The Morgan fingerprint density at radius 2 is 1.75 bits per heavy atom. The monoisotopic (exact) mass is 442 g/mol. The van der Waals surface area contributed by atoms with E-state index in [-0.39, 0.29) is 0 Å². The van der Waals surface area contributed by atoms with Gasteiger partial charge in [-0.15, -0.1) is 0 Å². The second kappa shape index (κ2) is 7.32. The quantitative estimate of drug-likeness (QED) is 0.442. The fourth-order valence-corrected chi connectivity index (χ4v) is 7.24. The van der Waals surface area contributed by atoms with Crippen LogP contribution in [0.3, 0.4) is 0 Å². The molecule has 2 aliphatic heterocycles. The molecule has 3 heterocycles. The van der Waals surface area contributed by atoms with Gasteiger partial charge in [0.05, 0.1) is 4.90 Å². The van der Waals surface area contributed by atoms with E-state index in [4.69, 9.17) is 0 Å². The summed E-state index contributed by atoms with van der Waals surface area (Å²) in [5.41, 5.74) is 3.99. The second-order valence-electron chi connectivity index (χ2n) is 9.03. The molecule has 0 unspecified atom stereocenters. The van der Waals surface area contributed by atoms with Crippen molar-refractivity contribution in [2.24, 2.45) is 0 Å². The Bertz CT molecular complexity index is 1490. The maximum absolute atomic E-state index is 14.2. The maximum Gasteiger partial charge on any atom is 0.223 e. The van der Waals surface area contributed by atoms with Gasteiger partial charge in [0.15, 0.2) is 0 Å². The highest BCUT2D eigenvalue weighted by Crippen LogP contribution is 2.41. The van der Waals surface area contributed by atoms with Gasteiger partial charge in [-0.25, -0.2) is 8.42 Å². The van der Waals surface area contributed by atoms with Gasteiger partial charge in [-0.05, 0) is 55.3 Å². The standard InChI is InChI=1S/C27H26N2O2S/c1-18-7-4-12-23-25(20-14-16-29-15-6-10-21(29)17-20)27(28-26(18)23)32(30,31)24-13-5-9-19-8-2-3-11-22(19)24/h2-5,7-9,11-14,21,28H,6,10,15-17H2,1H3/t21-/m0/s1. The van der Waals surface area contributed by atoms with Gasteiger partial charge < -0.3 is 4.98 Å². The number of H-pyrrole nitrogens is 1. The summed E-state index contributed by atoms with van der Waals surface area (Å²) in [5, 5.41) is 3.02. The topological polar surface area (TPSA) is 53.2 Å². The molecule has 4 aromatic rings. The molecule has 0 spiro atoms. The number of hydrogen-bond donors (Lipinski definition) is 1. The van der Waals surface area contributed by atoms with Crippen LogP contribution in [0.15, 0.2) is 76.7 Å². The van der Waals surface area contributed by atoms with Crippen molar-refractivity contribution in [2.75, 3.05) is 13.1 Å². The van der Waals surface area contributed by atoms with Crippen molar-refractivity contribution in [1.82, 2.24) is 9.88 Å². The van der Waals surface area contributed by atoms with Crippen LogP contribution in [0.1, 0.15) is 30.4 Å². The van der Waals surface area contributed by atoms with Gasteiger partial charge in [0.25, 0.3) is 0 Å². The van der Waals surface area contributed by atoms with E-state index in [2.05, 4.69) is 22.0 Å². The summed E-state index contributed by atoms with van der Waals surface area (Å²) in [6.07, 6.45) is 5.55. The molecule has 6 rings (SSSR count). The molecule has 1 N–H and O–H groups in total. The van der Waals surface area contributed by atoms with E-state index in [1.807, 2.05) is 55.5 Å². The number of nitrogens with zero attached hydrogens (tertiary/aromatic N) is 1. The van der Waals surface area contributed by atoms with Crippen LogP contribution >= 0.6 is 0 Å². The largest absolute Gasteiger partial charge is 0.345 e. The predicted molar refractivity (Wildman–Crippen MR) is 130 cm³/mol. The lowest BCUT2D eigenvalue weighted by Crippen LogP contribution is -2.33. The normalized spacial score (nSPS) is 19.4. The highest BCUT2D eigenvalue weighted by molar-refractivity contribution is 7.91. The molecule has 1 atom stereocenters. The van der Waals surface area contributed by atoms with Crippen molar-refractivity contribution >= 4 is 37.1 Å². The lowest BCUT2D eigenvalue weighted by Gasteiger charge is -2.29. The number of hydrogen-bond acceptors (Lipinski definition) is 3. The molecule has 1 fully saturated rings. The van der Waals surface area contributed by atoms with E-state index in [1.165, 1.54) is 12.8 Å². The first-order valence-electron chi connectivity index (χ1n) is 11.3. The zero-order valence-electron chi connectivity index (χ0n) is 18.1. The molecule has 162 valence electrons. The molecular weight excluding hydrogens is 416 g/mol. The molecule has 0 radical (unpaired) electrons. The minimum Gasteiger partial charge on any atom is -0.345 e. The SMILES string of the molecule is Cc1cccc2c(C3=CCN4CCC[C@H]4C3)c(S(=O)(=O)c3cccc4ccccc34)[nH]c12. The number of para-hydroxylation sites is 1. The minimum atomic E-state index is -3.76. The Morgan fingerprint density at radius 1 is 0.969 bits per heavy atom. The lowest BCUT2D eigenvalue weighted by molar-refractivity contribution is 0.275. The molecule has 32 heavy (non-hydrogen) atoms. The van der Waals surface area contributed by atoms with E-state index in [0.29, 0.717) is 16.0 Å². The summed E-state index contributed by atoms with van der Waals surface area (Å²) in [4.78, 5) is 6.23. The van der Waals surface area contributed by atoms with Crippen molar-refractivity contribution in [1.29, 1.82) is 0 Å². The molecule has 0 aliphatic carbocycles. The lowest BCUT2D eigenvalue weighted by atomic mass is 9.93. The third kappa shape index (κ3) is 2.95. The van der Waals surface area contributed by atoms with Gasteiger partial charge in [0, 0.05) is 34.4 Å². The average molecular weight is 443 g/mol. The fraction of sp³-hybridized carbons (Fsp3) is 0.259. The number of fused-ring (bicyclic) bond motifs is 3. The van der Waals surface area contributed by atoms with Crippen LogP contribution in [0.25, 0.3) is 27.2 Å². The Morgan fingerprint density at radius 3 is 2.66 bits per heavy atom. The van der Waals surface area contributed by atoms with Crippen LogP contribution in [0, 0.1) is 6.92 Å². The van der Waals surface area contributed by atoms with Crippen LogP contribution < -0.4 is 0 Å². The molecule has 5 heteroatoms. The van der Waals surface area contributed by atoms with Gasteiger partial charge in [-0.2, -0.15) is 0 Å². The molecule has 3 aromatic carbocycles. The minimum absolute atomic E-state index is 0.329. The van der Waals surface area contributed by atoms with Crippen molar-refractivity contribution in [2.45, 2.75) is 42.1 Å². The highest BCUT2D eigenvalue weighted by atomic mass is 32.2. The number of aromatic nitrogens is 1. The maximum atomic E-state index is 14.2. The molecule has 0 saturated carbocycles. The zero-order valence-corrected chi connectivity index (χ0v) is 19.0. The summed E-state index contributed by atoms with van der Waals surface area (Å²) in [6.45, 7) is 4.07. The molecule has 1 saturated heterocycles. The third-order valence-electron chi connectivity index (χ3n) is 7.16. The van der Waals surface area contributed by atoms with Gasteiger partial charge >= 0.3 is 0 Å². The third-order valence-corrected chi connectivity index (χ3v) is 8.94. The molecular formula is C27H26N2O2S. The molecule has 1 aromatic heterocycles. The first-order valence-corrected chi connectivity index (χ1v) is 12.8. The van der Waals surface area contributed by atoms with E-state index in [1.54, 1.807) is 6.07 Å². The Hall–Kier alpha value is -2.89. The summed E-state index contributed by atoms with van der Waals surface area (Å²) >= 11 is 0. The summed E-state index contributed by atoms with van der Waals surface area (Å²) in [7, 11) is -3.76. The van der Waals surface area contributed by atoms with Crippen molar-refractivity contribution in [3.8, 4) is 0 Å². The fourth-order valence-electron chi connectivity index (χ4n) is 5.54. The van der Waals surface area contributed by atoms with Crippen LogP contribution in [-0.2, 0) is 9.84 Å². The predicted octanol–water partition coefficient (Wildman–Crippen LogP) is 5.71. The van der Waals surface area contributed by atoms with E-state index in [9.17, 15) is 8.42 Å². The average Bonchev–Trinajstić information content (AvgIpc) is 3.44. The number of sulfone groups is 1. The van der Waals surface area contributed by atoms with Gasteiger partial charge in [0.2, 0.25) is 9.84 Å². The summed E-state index contributed by atoms with van der Waals surface area (Å²) in [5.74, 6) is 0. The van der Waals surface area contributed by atoms with Gasteiger partial charge in [0.1, 0.15) is 5.03 Å². The molecule has 0 amide bonds. The number of rotatable bonds is 3. The van der Waals surface area contributed by atoms with Gasteiger partial charge in [-0.3, -0.25) is 4.90 Å². The highest BCUT2D eigenvalue weighted by Gasteiger charge is 2.33. The number of aryl methyl sites for hydroxylation is 1. The van der Waals surface area contributed by atoms with Crippen LogP contribution in [0.4, 0.5) is 0 Å². The Balaban J connectivity index is 1.61. The van der Waals surface area contributed by atoms with E-state index in [0.717, 1.165) is 57.9 Å². The zero-order chi connectivity index (χ0) is 21.9. The Labute approximate surface area is 188 Å². The molecule has 2 aliphatic rings. The molecule has 4 nitrogen and oxygen atoms in total. The first-order chi connectivity index (χ1) is 15.5. The first kappa shape index (κ1) is 19.8. The summed E-state index contributed by atoms with van der Waals surface area (Å²) in [6, 6.07) is 19.8. The number of aromatic amines is 1. The van der Waals surface area contributed by atoms with Crippen LogP contribution in [0.2, 0.25) is 0 Å². The van der Waals surface area contributed by atoms with Crippen molar-refractivity contribution < 1.29 is 8.42 Å². The Kier molecular flexibility index (Phi) is 4.52. The summed E-state index contributed by atoms with van der Waals surface area (Å²) < 4.78 is 28.3.